The molecule has 0 spiro atoms. The lowest BCUT2D eigenvalue weighted by Gasteiger charge is -2.22. The molecule has 0 aromatic heterocycles. The number of rotatable bonds is 7. The Kier molecular flexibility index (Phi) is 6.67. The van der Waals surface area contributed by atoms with Gasteiger partial charge in [0.25, 0.3) is 5.91 Å². The molecule has 0 heterocycles. The Hall–Kier alpha value is -2.49. The van der Waals surface area contributed by atoms with Crippen molar-refractivity contribution in [2.24, 2.45) is 5.92 Å². The van der Waals surface area contributed by atoms with Gasteiger partial charge in [-0.25, -0.2) is 0 Å². The fraction of sp³-hybridized carbons (Fsp3) is 0.409. The molecule has 2 aromatic rings. The minimum atomic E-state index is -0.214. The molecular formula is C22H29NO3. The van der Waals surface area contributed by atoms with Crippen molar-refractivity contribution in [3.05, 3.63) is 54.1 Å². The highest BCUT2D eigenvalue weighted by molar-refractivity contribution is 5.93. The first-order valence-electron chi connectivity index (χ1n) is 9.01. The number of carbonyl (C=O) groups is 1. The molecule has 0 aliphatic carbocycles. The van der Waals surface area contributed by atoms with Gasteiger partial charge in [-0.1, -0.05) is 65.0 Å². The molecule has 1 N–H and O–H groups in total. The fourth-order valence-corrected chi connectivity index (χ4v) is 2.49. The van der Waals surface area contributed by atoms with E-state index >= 15 is 0 Å². The van der Waals surface area contributed by atoms with E-state index in [1.807, 2.05) is 48.5 Å². The minimum Gasteiger partial charge on any atom is -0.491 e. The summed E-state index contributed by atoms with van der Waals surface area (Å²) in [5.74, 6) is 1.61. The molecule has 0 aliphatic heterocycles. The van der Waals surface area contributed by atoms with E-state index in [0.717, 1.165) is 11.3 Å². The van der Waals surface area contributed by atoms with Gasteiger partial charge in [-0.3, -0.25) is 4.79 Å². The van der Waals surface area contributed by atoms with Crippen molar-refractivity contribution < 1.29 is 14.3 Å². The molecule has 0 bridgehead atoms. The van der Waals surface area contributed by atoms with Crippen molar-refractivity contribution in [1.29, 1.82) is 0 Å². The molecule has 26 heavy (non-hydrogen) atoms. The van der Waals surface area contributed by atoms with Gasteiger partial charge in [-0.2, -0.15) is 0 Å². The standard InChI is InChI=1S/C22H29NO3/c1-16(2)14-25-20-13-9-7-11-18(20)23-21(24)15-26-19-12-8-6-10-17(19)22(3,4)5/h6-13,16H,14-15H2,1-5H3,(H,23,24). The zero-order valence-corrected chi connectivity index (χ0v) is 16.3. The zero-order valence-electron chi connectivity index (χ0n) is 16.3. The largest absolute Gasteiger partial charge is 0.491 e. The van der Waals surface area contributed by atoms with Gasteiger partial charge in [0.05, 0.1) is 12.3 Å². The summed E-state index contributed by atoms with van der Waals surface area (Å²) in [6.07, 6.45) is 0. The molecular weight excluding hydrogens is 326 g/mol. The SMILES string of the molecule is CC(C)COc1ccccc1NC(=O)COc1ccccc1C(C)(C)C. The van der Waals surface area contributed by atoms with Crippen LogP contribution in [0.3, 0.4) is 0 Å². The van der Waals surface area contributed by atoms with Crippen LogP contribution >= 0.6 is 0 Å². The molecule has 140 valence electrons. The third kappa shape index (κ3) is 5.80. The molecule has 0 unspecified atom stereocenters. The van der Waals surface area contributed by atoms with Crippen LogP contribution in [0.5, 0.6) is 11.5 Å². The van der Waals surface area contributed by atoms with Crippen LogP contribution in [0.2, 0.25) is 0 Å². The van der Waals surface area contributed by atoms with E-state index in [9.17, 15) is 4.79 Å². The van der Waals surface area contributed by atoms with Crippen LogP contribution in [-0.2, 0) is 10.2 Å². The molecule has 2 rings (SSSR count). The predicted octanol–water partition coefficient (Wildman–Crippen LogP) is 5.04. The molecule has 0 fully saturated rings. The van der Waals surface area contributed by atoms with Crippen LogP contribution < -0.4 is 14.8 Å². The van der Waals surface area contributed by atoms with E-state index < -0.39 is 0 Å². The molecule has 1 amide bonds. The summed E-state index contributed by atoms with van der Waals surface area (Å²) >= 11 is 0. The molecule has 0 radical (unpaired) electrons. The second kappa shape index (κ2) is 8.75. The van der Waals surface area contributed by atoms with Gasteiger partial charge in [-0.15, -0.1) is 0 Å². The maximum Gasteiger partial charge on any atom is 0.262 e. The lowest BCUT2D eigenvalue weighted by molar-refractivity contribution is -0.118. The van der Waals surface area contributed by atoms with Crippen molar-refractivity contribution in [1.82, 2.24) is 0 Å². The monoisotopic (exact) mass is 355 g/mol. The minimum absolute atomic E-state index is 0.0500. The quantitative estimate of drug-likeness (QED) is 0.757. The normalized spacial score (nSPS) is 11.3. The number of carbonyl (C=O) groups excluding carboxylic acids is 1. The number of amides is 1. The van der Waals surface area contributed by atoms with E-state index in [0.29, 0.717) is 24.0 Å². The van der Waals surface area contributed by atoms with Crippen LogP contribution in [0.4, 0.5) is 5.69 Å². The number of hydrogen-bond acceptors (Lipinski definition) is 3. The van der Waals surface area contributed by atoms with Crippen LogP contribution in [0, 0.1) is 5.92 Å². The molecule has 0 saturated heterocycles. The molecule has 0 aliphatic rings. The summed E-state index contributed by atoms with van der Waals surface area (Å²) < 4.78 is 11.6. The highest BCUT2D eigenvalue weighted by atomic mass is 16.5. The summed E-state index contributed by atoms with van der Waals surface area (Å²) in [7, 11) is 0. The highest BCUT2D eigenvalue weighted by Gasteiger charge is 2.19. The summed E-state index contributed by atoms with van der Waals surface area (Å²) in [6.45, 7) is 11.1. The maximum absolute atomic E-state index is 12.3. The van der Waals surface area contributed by atoms with E-state index in [1.165, 1.54) is 0 Å². The van der Waals surface area contributed by atoms with Gasteiger partial charge in [0.15, 0.2) is 6.61 Å². The average molecular weight is 355 g/mol. The Bertz CT molecular complexity index is 732. The first-order chi connectivity index (χ1) is 12.3. The number of hydrogen-bond donors (Lipinski definition) is 1. The van der Waals surface area contributed by atoms with Crippen molar-refractivity contribution in [3.63, 3.8) is 0 Å². The summed E-state index contributed by atoms with van der Waals surface area (Å²) in [6, 6.07) is 15.3. The van der Waals surface area contributed by atoms with Crippen molar-refractivity contribution >= 4 is 11.6 Å². The van der Waals surface area contributed by atoms with Gasteiger partial charge in [0, 0.05) is 0 Å². The van der Waals surface area contributed by atoms with E-state index in [4.69, 9.17) is 9.47 Å². The molecule has 0 saturated carbocycles. The summed E-state index contributed by atoms with van der Waals surface area (Å²) in [5.41, 5.74) is 1.68. The molecule has 4 nitrogen and oxygen atoms in total. The number of nitrogens with one attached hydrogen (secondary N) is 1. The van der Waals surface area contributed by atoms with E-state index in [1.54, 1.807) is 0 Å². The Balaban J connectivity index is 2.01. The van der Waals surface area contributed by atoms with Crippen LogP contribution in [0.15, 0.2) is 48.5 Å². The van der Waals surface area contributed by atoms with Gasteiger partial charge in [-0.05, 0) is 35.1 Å². The lowest BCUT2D eigenvalue weighted by atomic mass is 9.86. The molecule has 2 aromatic carbocycles. The zero-order chi connectivity index (χ0) is 19.2. The second-order valence-corrected chi connectivity index (χ2v) is 7.78. The Labute approximate surface area is 156 Å². The number of para-hydroxylation sites is 3. The maximum atomic E-state index is 12.3. The third-order valence-corrected chi connectivity index (χ3v) is 3.79. The smallest absolute Gasteiger partial charge is 0.262 e. The van der Waals surface area contributed by atoms with Crippen molar-refractivity contribution in [3.8, 4) is 11.5 Å². The Morgan fingerprint density at radius 2 is 1.58 bits per heavy atom. The lowest BCUT2D eigenvalue weighted by Crippen LogP contribution is -2.22. The fourth-order valence-electron chi connectivity index (χ4n) is 2.49. The van der Waals surface area contributed by atoms with Gasteiger partial charge < -0.3 is 14.8 Å². The number of ether oxygens (including phenoxy) is 2. The predicted molar refractivity (Wildman–Crippen MR) is 106 cm³/mol. The summed E-state index contributed by atoms with van der Waals surface area (Å²) in [5, 5.41) is 2.87. The molecule has 0 atom stereocenters. The average Bonchev–Trinajstić information content (AvgIpc) is 2.58. The van der Waals surface area contributed by atoms with E-state index in [-0.39, 0.29) is 17.9 Å². The van der Waals surface area contributed by atoms with Gasteiger partial charge in [0.2, 0.25) is 0 Å². The first kappa shape index (κ1) is 19.8. The number of benzene rings is 2. The Morgan fingerprint density at radius 1 is 0.962 bits per heavy atom. The van der Waals surface area contributed by atoms with Crippen LogP contribution in [0.25, 0.3) is 0 Å². The van der Waals surface area contributed by atoms with Crippen LogP contribution in [-0.4, -0.2) is 19.1 Å². The third-order valence-electron chi connectivity index (χ3n) is 3.79. The molecule has 4 heteroatoms. The summed E-state index contributed by atoms with van der Waals surface area (Å²) in [4.78, 5) is 12.3. The highest BCUT2D eigenvalue weighted by Crippen LogP contribution is 2.31. The van der Waals surface area contributed by atoms with Crippen molar-refractivity contribution in [2.45, 2.75) is 40.0 Å². The first-order valence-corrected chi connectivity index (χ1v) is 9.01. The van der Waals surface area contributed by atoms with Crippen LogP contribution in [0.1, 0.15) is 40.2 Å². The van der Waals surface area contributed by atoms with Gasteiger partial charge in [0.1, 0.15) is 11.5 Å². The van der Waals surface area contributed by atoms with E-state index in [2.05, 4.69) is 39.9 Å². The Morgan fingerprint density at radius 3 is 2.23 bits per heavy atom. The number of anilines is 1. The van der Waals surface area contributed by atoms with Crippen molar-refractivity contribution in [2.75, 3.05) is 18.5 Å². The van der Waals surface area contributed by atoms with Gasteiger partial charge >= 0.3 is 0 Å². The second-order valence-electron chi connectivity index (χ2n) is 7.78. The topological polar surface area (TPSA) is 47.6 Å².